The highest BCUT2D eigenvalue weighted by molar-refractivity contribution is 4.99. The first-order valence-corrected chi connectivity index (χ1v) is 21.1. The fraction of sp³-hybridized carbons (Fsp3) is 1.00. The van der Waals surface area contributed by atoms with E-state index in [1.54, 1.807) is 0 Å². The minimum Gasteiger partial charge on any atom is -0.394 e. The molecule has 6 aliphatic heterocycles. The number of aliphatic hydroxyl groups excluding tert-OH is 20. The van der Waals surface area contributed by atoms with E-state index in [1.807, 2.05) is 0 Å². The Labute approximate surface area is 378 Å². The molecule has 0 saturated carbocycles. The molecule has 6 heterocycles. The van der Waals surface area contributed by atoms with E-state index in [2.05, 4.69) is 0 Å². The van der Waals surface area contributed by atoms with Crippen LogP contribution in [0.5, 0.6) is 0 Å². The fourth-order valence-corrected chi connectivity index (χ4v) is 8.44. The molecule has 0 spiro atoms. The zero-order valence-corrected chi connectivity index (χ0v) is 35.0. The van der Waals surface area contributed by atoms with Crippen molar-refractivity contribution in [3.63, 3.8) is 0 Å². The molecule has 6 fully saturated rings. The SMILES string of the molecule is OC[C@H]1O[C@@H](O[C@@H]2[C@H](O)[C@@H](O)[C@H](O[C@@H]3[C@H](O)[C@@H](O)[C@H](O[C@H]4O[C@H](CO)[C@@H](O[C@@H]5O[C@H](CO)[C@H](O[C@@H]6O[C@H](CO)[C@H](O)[C@H](O)[C@H]6O)[C@H](O)[C@H]5O)[C@H](O)[C@H]4O)O[C@@H]3CO)O[C@@H]2CO)[C@H](O)[C@@H](O)[C@H]1O. The van der Waals surface area contributed by atoms with Gasteiger partial charge in [-0.15, -0.1) is 0 Å². The van der Waals surface area contributed by atoms with Crippen molar-refractivity contribution in [1.82, 2.24) is 0 Å². The van der Waals surface area contributed by atoms with Gasteiger partial charge in [-0.25, -0.2) is 0 Å². The summed E-state index contributed by atoms with van der Waals surface area (Å²) in [6, 6.07) is 0. The molecule has 0 bridgehead atoms. The van der Waals surface area contributed by atoms with Gasteiger partial charge in [0.1, 0.15) is 146 Å². The first-order chi connectivity index (χ1) is 31.8. The molecule has 30 atom stereocenters. The average Bonchev–Trinajstić information content (AvgIpc) is 3.32. The van der Waals surface area contributed by atoms with Crippen LogP contribution < -0.4 is 0 Å². The van der Waals surface area contributed by atoms with Gasteiger partial charge in [0.05, 0.1) is 39.6 Å². The van der Waals surface area contributed by atoms with Gasteiger partial charge < -0.3 is 154 Å². The summed E-state index contributed by atoms with van der Waals surface area (Å²) >= 11 is 0. The Hall–Kier alpha value is -1.24. The van der Waals surface area contributed by atoms with Crippen molar-refractivity contribution >= 4 is 0 Å². The molecule has 392 valence electrons. The van der Waals surface area contributed by atoms with Gasteiger partial charge in [0, 0.05) is 0 Å². The number of aliphatic hydroxyl groups is 20. The Kier molecular flexibility index (Phi) is 19.4. The van der Waals surface area contributed by atoms with Gasteiger partial charge in [0.25, 0.3) is 0 Å². The maximum Gasteiger partial charge on any atom is 0.189 e. The first kappa shape index (κ1) is 55.1. The van der Waals surface area contributed by atoms with E-state index in [0.717, 1.165) is 0 Å². The lowest BCUT2D eigenvalue weighted by atomic mass is 9.95. The van der Waals surface area contributed by atoms with Crippen LogP contribution in [0, 0.1) is 0 Å². The quantitative estimate of drug-likeness (QED) is 0.0683. The summed E-state index contributed by atoms with van der Waals surface area (Å²) in [4.78, 5) is 0. The molecule has 31 nitrogen and oxygen atoms in total. The lowest BCUT2D eigenvalue weighted by Crippen LogP contribution is -2.68. The lowest BCUT2D eigenvalue weighted by molar-refractivity contribution is -0.406. The molecule has 0 amide bonds. The molecule has 0 radical (unpaired) electrons. The van der Waals surface area contributed by atoms with Crippen LogP contribution in [0.25, 0.3) is 0 Å². The Bertz CT molecular complexity index is 1390. The summed E-state index contributed by atoms with van der Waals surface area (Å²) in [6.07, 6.45) is -56.4. The van der Waals surface area contributed by atoms with Gasteiger partial charge in [-0.3, -0.25) is 0 Å². The van der Waals surface area contributed by atoms with E-state index < -0.39 is 224 Å². The Morgan fingerprint density at radius 1 is 0.209 bits per heavy atom. The zero-order valence-electron chi connectivity index (χ0n) is 35.0. The summed E-state index contributed by atoms with van der Waals surface area (Å²) in [5.74, 6) is 0. The summed E-state index contributed by atoms with van der Waals surface area (Å²) < 4.78 is 60.6. The van der Waals surface area contributed by atoms with Crippen molar-refractivity contribution in [2.75, 3.05) is 39.6 Å². The normalized spacial score (nSPS) is 53.4. The van der Waals surface area contributed by atoms with Crippen LogP contribution in [0.2, 0.25) is 0 Å². The van der Waals surface area contributed by atoms with E-state index in [4.69, 9.17) is 52.1 Å². The Balaban J connectivity index is 1.06. The average molecular weight is 991 g/mol. The van der Waals surface area contributed by atoms with Crippen LogP contribution >= 0.6 is 0 Å². The monoisotopic (exact) mass is 990 g/mol. The maximum absolute atomic E-state index is 11.2. The topological polar surface area (TPSA) is 506 Å². The summed E-state index contributed by atoms with van der Waals surface area (Å²) in [6.45, 7) is -5.61. The van der Waals surface area contributed by atoms with Gasteiger partial charge in [0.2, 0.25) is 0 Å². The molecule has 0 aromatic carbocycles. The molecular formula is C36H62O31. The number of hydrogen-bond acceptors (Lipinski definition) is 31. The number of ether oxygens (including phenoxy) is 11. The smallest absolute Gasteiger partial charge is 0.189 e. The molecule has 67 heavy (non-hydrogen) atoms. The van der Waals surface area contributed by atoms with Crippen LogP contribution in [-0.2, 0) is 52.1 Å². The van der Waals surface area contributed by atoms with Crippen LogP contribution in [0.3, 0.4) is 0 Å². The highest BCUT2D eigenvalue weighted by atomic mass is 16.8. The van der Waals surface area contributed by atoms with Gasteiger partial charge >= 0.3 is 0 Å². The van der Waals surface area contributed by atoms with Crippen molar-refractivity contribution in [1.29, 1.82) is 0 Å². The molecule has 20 N–H and O–H groups in total. The van der Waals surface area contributed by atoms with Gasteiger partial charge in [-0.2, -0.15) is 0 Å². The van der Waals surface area contributed by atoms with Crippen LogP contribution in [0.15, 0.2) is 0 Å². The highest BCUT2D eigenvalue weighted by Crippen LogP contribution is 2.36. The first-order valence-electron chi connectivity index (χ1n) is 21.1. The highest BCUT2D eigenvalue weighted by Gasteiger charge is 2.57. The summed E-state index contributed by atoms with van der Waals surface area (Å²) in [7, 11) is 0. The molecule has 6 aliphatic rings. The maximum atomic E-state index is 11.2. The minimum absolute atomic E-state index is 0.829. The van der Waals surface area contributed by atoms with Crippen molar-refractivity contribution in [3.8, 4) is 0 Å². The second-order valence-corrected chi connectivity index (χ2v) is 16.8. The zero-order chi connectivity index (χ0) is 49.3. The van der Waals surface area contributed by atoms with Crippen molar-refractivity contribution < 1.29 is 154 Å². The van der Waals surface area contributed by atoms with E-state index in [1.165, 1.54) is 0 Å². The standard InChI is InChI=1S/C36H62O31/c37-1-7-13(43)15(45)21(51)31(57-7)63-27-9(3-39)59-33(23(53)17(27)47)65-29-11(5-41)61-35(25(55)19(29)49)67-36-26(56)20(50)30(12(6-42)62-36)66-34-24(54)18(48)28(10(4-40)60-34)64-32-22(52)16(46)14(44)8(2-38)58-32/h7-56H,1-6H2/t7-,8-,9-,10-,11-,12-,13+,14+,15+,16+,17-,18-,19-,20-,21-,22-,23-,24-,25-,26-,27+,28+,29-,30+,31+,32+,33+,34+,35-,36+/m1/s1. The van der Waals surface area contributed by atoms with E-state index in [9.17, 15) is 102 Å². The number of hydrogen-bond donors (Lipinski definition) is 20. The molecule has 6 saturated heterocycles. The van der Waals surface area contributed by atoms with Gasteiger partial charge in [-0.1, -0.05) is 0 Å². The van der Waals surface area contributed by atoms with Gasteiger partial charge in [0.15, 0.2) is 37.7 Å². The lowest BCUT2D eigenvalue weighted by Gasteiger charge is -2.49. The second-order valence-electron chi connectivity index (χ2n) is 16.8. The molecule has 0 aromatic rings. The van der Waals surface area contributed by atoms with Gasteiger partial charge in [-0.05, 0) is 0 Å². The Morgan fingerprint density at radius 2 is 0.388 bits per heavy atom. The van der Waals surface area contributed by atoms with Crippen molar-refractivity contribution in [2.24, 2.45) is 0 Å². The third-order valence-corrected chi connectivity index (χ3v) is 12.4. The van der Waals surface area contributed by atoms with Crippen LogP contribution in [-0.4, -0.2) is 326 Å². The fourth-order valence-electron chi connectivity index (χ4n) is 8.44. The predicted octanol–water partition coefficient (Wildman–Crippen LogP) is -14.1. The largest absolute Gasteiger partial charge is 0.394 e. The minimum atomic E-state index is -2.18. The molecule has 31 heteroatoms. The van der Waals surface area contributed by atoms with E-state index in [0.29, 0.717) is 0 Å². The number of rotatable bonds is 16. The molecule has 0 unspecified atom stereocenters. The molecule has 0 aliphatic carbocycles. The third-order valence-electron chi connectivity index (χ3n) is 12.4. The molecule has 0 aromatic heterocycles. The van der Waals surface area contributed by atoms with Crippen LogP contribution in [0.1, 0.15) is 0 Å². The summed E-state index contributed by atoms with van der Waals surface area (Å²) in [5.41, 5.74) is 0. The van der Waals surface area contributed by atoms with Crippen LogP contribution in [0.4, 0.5) is 0 Å². The summed E-state index contributed by atoms with van der Waals surface area (Å²) in [5, 5.41) is 209. The third kappa shape index (κ3) is 11.2. The van der Waals surface area contributed by atoms with E-state index >= 15 is 0 Å². The predicted molar refractivity (Wildman–Crippen MR) is 199 cm³/mol. The second kappa shape index (κ2) is 23.5. The van der Waals surface area contributed by atoms with Crippen molar-refractivity contribution in [2.45, 2.75) is 184 Å². The van der Waals surface area contributed by atoms with Crippen molar-refractivity contribution in [3.05, 3.63) is 0 Å². The molecular weight excluding hydrogens is 928 g/mol. The Morgan fingerprint density at radius 3 is 0.597 bits per heavy atom. The molecule has 6 rings (SSSR count). The van der Waals surface area contributed by atoms with E-state index in [-0.39, 0.29) is 0 Å².